The van der Waals surface area contributed by atoms with Crippen molar-refractivity contribution in [3.8, 4) is 11.1 Å². The van der Waals surface area contributed by atoms with Gasteiger partial charge in [0, 0.05) is 15.4 Å². The van der Waals surface area contributed by atoms with Crippen LogP contribution in [0.2, 0.25) is 0 Å². The number of fused-ring (bicyclic) bond motifs is 1. The van der Waals surface area contributed by atoms with Gasteiger partial charge in [0.05, 0.1) is 17.8 Å². The van der Waals surface area contributed by atoms with Gasteiger partial charge in [0.2, 0.25) is 5.91 Å². The van der Waals surface area contributed by atoms with Crippen molar-refractivity contribution < 1.29 is 4.79 Å². The van der Waals surface area contributed by atoms with Gasteiger partial charge in [-0.2, -0.15) is 0 Å². The van der Waals surface area contributed by atoms with Crippen molar-refractivity contribution in [1.29, 1.82) is 0 Å². The standard InChI is InChI=1S/C22H18BrN3O2S/c1-14(15-5-3-2-4-6-15)25-19(27)11-26-13-24-21-20(22(26)28)18(12-29-21)16-7-9-17(23)10-8-16/h2-10,12-14H,11H2,1H3,(H,25,27)/t14-/m1/s1. The molecule has 4 rings (SSSR count). The van der Waals surface area contributed by atoms with Gasteiger partial charge in [0.1, 0.15) is 11.4 Å². The van der Waals surface area contributed by atoms with Crippen molar-refractivity contribution in [2.24, 2.45) is 0 Å². The van der Waals surface area contributed by atoms with Gasteiger partial charge < -0.3 is 5.32 Å². The average Bonchev–Trinajstić information content (AvgIpc) is 3.16. The molecule has 0 bridgehead atoms. The molecule has 1 amide bonds. The van der Waals surface area contributed by atoms with Crippen LogP contribution in [0.4, 0.5) is 0 Å². The summed E-state index contributed by atoms with van der Waals surface area (Å²) in [6.07, 6.45) is 1.44. The molecule has 0 radical (unpaired) electrons. The Morgan fingerprint density at radius 2 is 1.90 bits per heavy atom. The summed E-state index contributed by atoms with van der Waals surface area (Å²) in [5.74, 6) is -0.231. The van der Waals surface area contributed by atoms with Crippen LogP contribution in [0.3, 0.4) is 0 Å². The fourth-order valence-electron chi connectivity index (χ4n) is 3.19. The van der Waals surface area contributed by atoms with Crippen LogP contribution in [0.25, 0.3) is 21.3 Å². The molecule has 2 aromatic carbocycles. The van der Waals surface area contributed by atoms with Crippen molar-refractivity contribution >= 4 is 43.4 Å². The minimum atomic E-state index is -0.231. The number of halogens is 1. The molecule has 29 heavy (non-hydrogen) atoms. The number of carbonyl (C=O) groups is 1. The van der Waals surface area contributed by atoms with E-state index in [0.29, 0.717) is 10.2 Å². The molecule has 7 heteroatoms. The number of carbonyl (C=O) groups excluding carboxylic acids is 1. The molecular weight excluding hydrogens is 450 g/mol. The van der Waals surface area contributed by atoms with Gasteiger partial charge in [0.15, 0.2) is 0 Å². The van der Waals surface area contributed by atoms with Crippen molar-refractivity contribution in [3.63, 3.8) is 0 Å². The summed E-state index contributed by atoms with van der Waals surface area (Å²) in [6.45, 7) is 1.84. The van der Waals surface area contributed by atoms with Gasteiger partial charge >= 0.3 is 0 Å². The Bertz CT molecular complexity index is 1220. The fourth-order valence-corrected chi connectivity index (χ4v) is 4.36. The molecular formula is C22H18BrN3O2S. The molecule has 0 aliphatic heterocycles. The molecule has 2 aromatic heterocycles. The van der Waals surface area contributed by atoms with Crippen LogP contribution in [0.5, 0.6) is 0 Å². The van der Waals surface area contributed by atoms with Gasteiger partial charge in [-0.3, -0.25) is 14.2 Å². The average molecular weight is 468 g/mol. The normalized spacial score (nSPS) is 12.1. The van der Waals surface area contributed by atoms with Crippen LogP contribution in [0.15, 0.2) is 75.6 Å². The monoisotopic (exact) mass is 467 g/mol. The van der Waals surface area contributed by atoms with E-state index in [2.05, 4.69) is 26.2 Å². The molecule has 5 nitrogen and oxygen atoms in total. The van der Waals surface area contributed by atoms with E-state index < -0.39 is 0 Å². The first-order chi connectivity index (χ1) is 14.0. The molecule has 1 atom stereocenters. The molecule has 4 aromatic rings. The largest absolute Gasteiger partial charge is 0.348 e. The van der Waals surface area contributed by atoms with Crippen LogP contribution in [0.1, 0.15) is 18.5 Å². The van der Waals surface area contributed by atoms with E-state index in [1.165, 1.54) is 22.2 Å². The molecule has 0 spiro atoms. The summed E-state index contributed by atoms with van der Waals surface area (Å²) in [5.41, 5.74) is 2.58. The van der Waals surface area contributed by atoms with Gasteiger partial charge in [-0.1, -0.05) is 58.4 Å². The number of aromatic nitrogens is 2. The zero-order valence-corrected chi connectivity index (χ0v) is 18.0. The molecule has 0 saturated heterocycles. The first kappa shape index (κ1) is 19.5. The first-order valence-corrected chi connectivity index (χ1v) is 10.8. The number of hydrogen-bond donors (Lipinski definition) is 1. The Balaban J connectivity index is 1.60. The van der Waals surface area contributed by atoms with Crippen LogP contribution >= 0.6 is 27.3 Å². The van der Waals surface area contributed by atoms with Crippen molar-refractivity contribution in [2.75, 3.05) is 0 Å². The Hall–Kier alpha value is -2.77. The third-order valence-electron chi connectivity index (χ3n) is 4.71. The minimum Gasteiger partial charge on any atom is -0.348 e. The second-order valence-electron chi connectivity index (χ2n) is 6.71. The zero-order valence-electron chi connectivity index (χ0n) is 15.6. The van der Waals surface area contributed by atoms with Crippen LogP contribution < -0.4 is 10.9 Å². The lowest BCUT2D eigenvalue weighted by Gasteiger charge is -2.14. The third kappa shape index (κ3) is 4.16. The van der Waals surface area contributed by atoms with Crippen LogP contribution in [-0.4, -0.2) is 15.5 Å². The fraction of sp³-hybridized carbons (Fsp3) is 0.136. The smallest absolute Gasteiger partial charge is 0.263 e. The highest BCUT2D eigenvalue weighted by Crippen LogP contribution is 2.31. The summed E-state index contributed by atoms with van der Waals surface area (Å²) in [5, 5.41) is 5.42. The number of nitrogens with zero attached hydrogens (tertiary/aromatic N) is 2. The highest BCUT2D eigenvalue weighted by molar-refractivity contribution is 9.10. The van der Waals surface area contributed by atoms with E-state index in [-0.39, 0.29) is 24.1 Å². The summed E-state index contributed by atoms with van der Waals surface area (Å²) < 4.78 is 2.34. The predicted octanol–water partition coefficient (Wildman–Crippen LogP) is 4.76. The van der Waals surface area contributed by atoms with Crippen molar-refractivity contribution in [3.05, 3.63) is 86.7 Å². The molecule has 2 heterocycles. The summed E-state index contributed by atoms with van der Waals surface area (Å²) >= 11 is 4.85. The number of nitrogens with one attached hydrogen (secondary N) is 1. The van der Waals surface area contributed by atoms with Gasteiger partial charge in [-0.25, -0.2) is 4.98 Å². The summed E-state index contributed by atoms with van der Waals surface area (Å²) in [6, 6.07) is 17.4. The van der Waals surface area contributed by atoms with Gasteiger partial charge in [-0.05, 0) is 30.2 Å². The van der Waals surface area contributed by atoms with E-state index in [9.17, 15) is 9.59 Å². The second-order valence-corrected chi connectivity index (χ2v) is 8.49. The summed E-state index contributed by atoms with van der Waals surface area (Å²) in [4.78, 5) is 30.7. The third-order valence-corrected chi connectivity index (χ3v) is 6.12. The number of amides is 1. The topological polar surface area (TPSA) is 64.0 Å². The minimum absolute atomic E-state index is 0.0748. The highest BCUT2D eigenvalue weighted by atomic mass is 79.9. The maximum Gasteiger partial charge on any atom is 0.263 e. The van der Waals surface area contributed by atoms with E-state index in [0.717, 1.165) is 21.2 Å². The number of rotatable bonds is 5. The van der Waals surface area contributed by atoms with Crippen LogP contribution in [-0.2, 0) is 11.3 Å². The number of benzene rings is 2. The van der Waals surface area contributed by atoms with E-state index in [1.54, 1.807) is 0 Å². The predicted molar refractivity (Wildman–Crippen MR) is 120 cm³/mol. The van der Waals surface area contributed by atoms with E-state index in [4.69, 9.17) is 0 Å². The number of hydrogen-bond acceptors (Lipinski definition) is 4. The van der Waals surface area contributed by atoms with Crippen LogP contribution in [0, 0.1) is 0 Å². The molecule has 0 saturated carbocycles. The Kier molecular flexibility index (Phi) is 5.60. The lowest BCUT2D eigenvalue weighted by atomic mass is 10.1. The lowest BCUT2D eigenvalue weighted by molar-refractivity contribution is -0.122. The maximum atomic E-state index is 13.1. The van der Waals surface area contributed by atoms with Gasteiger partial charge in [0.25, 0.3) is 5.56 Å². The molecule has 0 fully saturated rings. The van der Waals surface area contributed by atoms with E-state index in [1.807, 2.05) is 66.9 Å². The molecule has 1 N–H and O–H groups in total. The van der Waals surface area contributed by atoms with Crippen molar-refractivity contribution in [1.82, 2.24) is 14.9 Å². The van der Waals surface area contributed by atoms with E-state index >= 15 is 0 Å². The highest BCUT2D eigenvalue weighted by Gasteiger charge is 2.16. The molecule has 0 unspecified atom stereocenters. The molecule has 146 valence electrons. The van der Waals surface area contributed by atoms with Crippen molar-refractivity contribution in [2.45, 2.75) is 19.5 Å². The quantitative estimate of drug-likeness (QED) is 0.459. The lowest BCUT2D eigenvalue weighted by Crippen LogP contribution is -2.33. The molecule has 0 aliphatic carbocycles. The number of thiophene rings is 1. The Morgan fingerprint density at radius 1 is 1.17 bits per heavy atom. The molecule has 0 aliphatic rings. The first-order valence-electron chi connectivity index (χ1n) is 9.10. The maximum absolute atomic E-state index is 13.1. The summed E-state index contributed by atoms with van der Waals surface area (Å²) in [7, 11) is 0. The van der Waals surface area contributed by atoms with Gasteiger partial charge in [-0.15, -0.1) is 11.3 Å². The zero-order chi connectivity index (χ0) is 20.4. The second kappa shape index (κ2) is 8.31. The Labute approximate surface area is 180 Å². The Morgan fingerprint density at radius 3 is 2.62 bits per heavy atom. The SMILES string of the molecule is C[C@@H](NC(=O)Cn1cnc2scc(-c3ccc(Br)cc3)c2c1=O)c1ccccc1.